The van der Waals surface area contributed by atoms with E-state index in [4.69, 9.17) is 4.74 Å². The summed E-state index contributed by atoms with van der Waals surface area (Å²) < 4.78 is 5.38. The zero-order valence-electron chi connectivity index (χ0n) is 30.7. The number of β-lactam (4-membered cyclic amide) rings is 2. The first kappa shape index (κ1) is 41.0. The zero-order chi connectivity index (χ0) is 40.8. The molecule has 58 heavy (non-hydrogen) atoms. The summed E-state index contributed by atoms with van der Waals surface area (Å²) in [6, 6.07) is 36.7. The molecule has 2 N–H and O–H groups in total. The van der Waals surface area contributed by atoms with Crippen LogP contribution in [-0.4, -0.2) is 95.4 Å². The van der Waals surface area contributed by atoms with E-state index in [-0.39, 0.29) is 34.9 Å². The Balaban J connectivity index is 0.000000177. The summed E-state index contributed by atoms with van der Waals surface area (Å²) in [6.07, 6.45) is -0.858. The Morgan fingerprint density at radius 1 is 0.603 bits per heavy atom. The summed E-state index contributed by atoms with van der Waals surface area (Å²) in [5.41, 5.74) is 2.46. The van der Waals surface area contributed by atoms with Crippen LogP contribution in [0, 0.1) is 5.92 Å². The van der Waals surface area contributed by atoms with Crippen molar-refractivity contribution in [3.8, 4) is 0 Å². The standard InChI is InChI=1S/C22H19NO4S2.C21H17NO5S2/c24-18(14-7-3-1-4-8-14)11-17-20(25)23-19(22(26)27)15(13-29-21(17)23)12-28-16-9-5-2-6-10-16;23-18-17(27-21(26)13-7-3-1-4-8-13)19-22(18)16(20(24)25)14(12-29-19)11-28-15-9-5-2-6-10-15/h1-10,17,21H,11-13H2,(H,26,27);1-10,17,19H,11-12H2,(H,24,25)/t17-,21?;17-,19?/m00/s1. The minimum absolute atomic E-state index is 0.00851. The molecule has 11 nitrogen and oxygen atoms in total. The van der Waals surface area contributed by atoms with Crippen molar-refractivity contribution in [3.63, 3.8) is 0 Å². The summed E-state index contributed by atoms with van der Waals surface area (Å²) in [4.78, 5) is 78.7. The molecule has 2 amide bonds. The molecule has 4 aromatic carbocycles. The molecule has 296 valence electrons. The smallest absolute Gasteiger partial charge is 0.352 e. The van der Waals surface area contributed by atoms with Gasteiger partial charge in [0.2, 0.25) is 12.0 Å². The predicted octanol–water partition coefficient (Wildman–Crippen LogP) is 7.18. The fraction of sp³-hybridized carbons (Fsp3) is 0.209. The molecule has 2 saturated heterocycles. The lowest BCUT2D eigenvalue weighted by molar-refractivity contribution is -0.159. The minimum atomic E-state index is -1.14. The first-order valence-electron chi connectivity index (χ1n) is 18.1. The third-order valence-electron chi connectivity index (χ3n) is 9.62. The molecule has 0 saturated carbocycles. The number of carbonyl (C=O) groups excluding carboxylic acids is 4. The second kappa shape index (κ2) is 18.6. The first-order chi connectivity index (χ1) is 28.1. The van der Waals surface area contributed by atoms with Crippen molar-refractivity contribution >= 4 is 82.6 Å². The Morgan fingerprint density at radius 3 is 1.52 bits per heavy atom. The van der Waals surface area contributed by atoms with Crippen molar-refractivity contribution in [1.82, 2.24) is 9.80 Å². The monoisotopic (exact) mass is 852 g/mol. The summed E-state index contributed by atoms with van der Waals surface area (Å²) in [5, 5.41) is 18.7. The quantitative estimate of drug-likeness (QED) is 0.0604. The maximum absolute atomic E-state index is 12.8. The van der Waals surface area contributed by atoms with Crippen LogP contribution in [0.3, 0.4) is 0 Å². The van der Waals surface area contributed by atoms with Crippen LogP contribution in [0.4, 0.5) is 0 Å². The van der Waals surface area contributed by atoms with Crippen LogP contribution >= 0.6 is 47.0 Å². The number of carboxylic acids is 2. The van der Waals surface area contributed by atoms with E-state index in [1.807, 2.05) is 66.7 Å². The van der Waals surface area contributed by atoms with Crippen LogP contribution in [0.5, 0.6) is 0 Å². The number of ether oxygens (including phenoxy) is 1. The summed E-state index contributed by atoms with van der Waals surface area (Å²) in [7, 11) is 0. The molecule has 8 rings (SSSR count). The molecule has 4 aliphatic heterocycles. The number of fused-ring (bicyclic) bond motifs is 2. The number of carbonyl (C=O) groups is 6. The number of nitrogens with zero attached hydrogens (tertiary/aromatic N) is 2. The zero-order valence-corrected chi connectivity index (χ0v) is 33.9. The Bertz CT molecular complexity index is 2110. The number of hydrogen-bond acceptors (Lipinski definition) is 11. The Labute approximate surface area is 351 Å². The van der Waals surface area contributed by atoms with Crippen LogP contribution < -0.4 is 0 Å². The molecule has 4 heterocycles. The Morgan fingerprint density at radius 2 is 1.03 bits per heavy atom. The third kappa shape index (κ3) is 8.92. The highest BCUT2D eigenvalue weighted by molar-refractivity contribution is 8.01. The third-order valence-corrected chi connectivity index (χ3v) is 14.5. The number of ketones is 1. The van der Waals surface area contributed by atoms with Crippen molar-refractivity contribution in [2.75, 3.05) is 23.0 Å². The molecular weight excluding hydrogens is 817 g/mol. The molecule has 0 bridgehead atoms. The van der Waals surface area contributed by atoms with Gasteiger partial charge in [-0.1, -0.05) is 84.9 Å². The Hall–Kier alpha value is -5.22. The second-order valence-electron chi connectivity index (χ2n) is 13.3. The van der Waals surface area contributed by atoms with Gasteiger partial charge in [-0.2, -0.15) is 0 Å². The van der Waals surface area contributed by atoms with Gasteiger partial charge < -0.3 is 14.9 Å². The lowest BCUT2D eigenvalue weighted by atomic mass is 9.89. The number of carboxylic acid groups (broad SMARTS) is 2. The molecule has 15 heteroatoms. The second-order valence-corrected chi connectivity index (χ2v) is 17.6. The van der Waals surface area contributed by atoms with Crippen molar-refractivity contribution in [1.29, 1.82) is 0 Å². The molecule has 0 spiro atoms. The number of aliphatic carboxylic acids is 2. The molecule has 2 unspecified atom stereocenters. The predicted molar refractivity (Wildman–Crippen MR) is 224 cm³/mol. The molecular formula is C43H36N2O9S4. The number of hydrogen-bond donors (Lipinski definition) is 2. The molecule has 4 aromatic rings. The first-order valence-corrected chi connectivity index (χ1v) is 22.2. The number of Topliss-reactive ketones (excluding diaryl/α,β-unsaturated/α-hetero) is 1. The minimum Gasteiger partial charge on any atom is -0.477 e. The number of thioether (sulfide) groups is 4. The van der Waals surface area contributed by atoms with Gasteiger partial charge in [0, 0.05) is 44.8 Å². The van der Waals surface area contributed by atoms with E-state index in [0.29, 0.717) is 39.7 Å². The van der Waals surface area contributed by atoms with Gasteiger partial charge in [-0.3, -0.25) is 24.2 Å². The van der Waals surface area contributed by atoms with E-state index in [1.165, 1.54) is 33.3 Å². The number of rotatable bonds is 13. The topological polar surface area (TPSA) is 159 Å². The molecule has 4 aliphatic rings. The highest BCUT2D eigenvalue weighted by atomic mass is 32.2. The molecule has 0 aliphatic carbocycles. The summed E-state index contributed by atoms with van der Waals surface area (Å²) in [6.45, 7) is 0. The molecule has 0 radical (unpaired) electrons. The molecule has 2 fully saturated rings. The lowest BCUT2D eigenvalue weighted by Gasteiger charge is -2.49. The number of benzene rings is 4. The fourth-order valence-electron chi connectivity index (χ4n) is 6.74. The van der Waals surface area contributed by atoms with Gasteiger partial charge >= 0.3 is 17.9 Å². The lowest BCUT2D eigenvalue weighted by Crippen LogP contribution is -2.66. The van der Waals surface area contributed by atoms with E-state index >= 15 is 0 Å². The van der Waals surface area contributed by atoms with Gasteiger partial charge in [0.05, 0.1) is 16.9 Å². The van der Waals surface area contributed by atoms with E-state index in [2.05, 4.69) is 0 Å². The maximum atomic E-state index is 12.8. The van der Waals surface area contributed by atoms with Gasteiger partial charge in [0.25, 0.3) is 5.91 Å². The maximum Gasteiger partial charge on any atom is 0.352 e. The fourth-order valence-corrected chi connectivity index (χ4v) is 11.6. The van der Waals surface area contributed by atoms with Gasteiger partial charge in [0.15, 0.2) is 5.78 Å². The van der Waals surface area contributed by atoms with Crippen molar-refractivity contribution in [2.24, 2.45) is 5.92 Å². The highest BCUT2D eigenvalue weighted by Crippen LogP contribution is 2.46. The highest BCUT2D eigenvalue weighted by Gasteiger charge is 2.56. The van der Waals surface area contributed by atoms with Crippen LogP contribution in [0.25, 0.3) is 0 Å². The van der Waals surface area contributed by atoms with E-state index in [9.17, 15) is 39.0 Å². The summed E-state index contributed by atoms with van der Waals surface area (Å²) >= 11 is 6.05. The van der Waals surface area contributed by atoms with E-state index in [1.54, 1.807) is 78.1 Å². The average molecular weight is 853 g/mol. The van der Waals surface area contributed by atoms with Gasteiger partial charge in [-0.25, -0.2) is 14.4 Å². The Kier molecular flexibility index (Phi) is 13.1. The normalized spacial score (nSPS) is 20.8. The van der Waals surface area contributed by atoms with Crippen LogP contribution in [0.2, 0.25) is 0 Å². The van der Waals surface area contributed by atoms with Crippen LogP contribution in [0.1, 0.15) is 27.1 Å². The van der Waals surface area contributed by atoms with Gasteiger partial charge in [-0.05, 0) is 47.5 Å². The largest absolute Gasteiger partial charge is 0.477 e. The van der Waals surface area contributed by atoms with Crippen LogP contribution in [-0.2, 0) is 23.9 Å². The molecule has 0 aromatic heterocycles. The summed E-state index contributed by atoms with van der Waals surface area (Å²) in [5.74, 6) is -2.12. The number of amides is 2. The van der Waals surface area contributed by atoms with Crippen LogP contribution in [0.15, 0.2) is 154 Å². The van der Waals surface area contributed by atoms with E-state index in [0.717, 1.165) is 15.4 Å². The SMILES string of the molecule is O=C(O)C1=C(CSc2ccccc2)CSC2[C@@H](CC(=O)c3ccccc3)C(=O)N12.O=C(O)C1=C(CSc2ccccc2)CSC2[C@@H](OC(=O)c3ccccc3)C(=O)N12. The van der Waals surface area contributed by atoms with Crippen molar-refractivity contribution in [2.45, 2.75) is 33.1 Å². The van der Waals surface area contributed by atoms with E-state index < -0.39 is 41.2 Å². The van der Waals surface area contributed by atoms with Gasteiger partial charge in [0.1, 0.15) is 16.8 Å². The molecule has 4 atom stereocenters. The van der Waals surface area contributed by atoms with Gasteiger partial charge in [-0.15, -0.1) is 47.0 Å². The number of esters is 1. The van der Waals surface area contributed by atoms with Crippen molar-refractivity contribution in [3.05, 3.63) is 155 Å². The average Bonchev–Trinajstić information content (AvgIpc) is 3.26. The van der Waals surface area contributed by atoms with Crippen molar-refractivity contribution < 1.29 is 43.7 Å².